The highest BCUT2D eigenvalue weighted by atomic mass is 16.3. The van der Waals surface area contributed by atoms with Gasteiger partial charge in [0, 0.05) is 11.1 Å². The SMILES string of the molecule is C[N+](C)(C[C@@H](O)CO)NC(=O)c1ccc(C(=O)N[N+](C)(C)C[C@@H](O)CO)cc1. The van der Waals surface area contributed by atoms with Crippen LogP contribution in [0.2, 0.25) is 0 Å². The van der Waals surface area contributed by atoms with E-state index in [0.717, 1.165) is 0 Å². The highest BCUT2D eigenvalue weighted by molar-refractivity contribution is 5.97. The van der Waals surface area contributed by atoms with Gasteiger partial charge in [0.1, 0.15) is 25.3 Å². The van der Waals surface area contributed by atoms with Gasteiger partial charge in [0.05, 0.1) is 41.4 Å². The molecule has 0 fully saturated rings. The Kier molecular flexibility index (Phi) is 8.48. The van der Waals surface area contributed by atoms with Crippen molar-refractivity contribution >= 4 is 11.8 Å². The summed E-state index contributed by atoms with van der Waals surface area (Å²) in [6.45, 7) is -0.526. The van der Waals surface area contributed by atoms with Crippen LogP contribution in [0.4, 0.5) is 0 Å². The lowest BCUT2D eigenvalue weighted by atomic mass is 10.1. The molecular formula is C18H32N4O6+2. The van der Waals surface area contributed by atoms with Gasteiger partial charge in [-0.2, -0.15) is 10.9 Å². The predicted octanol–water partition coefficient (Wildman–Crippen LogP) is -2.16. The molecule has 0 unspecified atom stereocenters. The first-order chi connectivity index (χ1) is 12.9. The molecule has 0 aromatic heterocycles. The van der Waals surface area contributed by atoms with Crippen molar-refractivity contribution in [1.82, 2.24) is 10.9 Å². The Morgan fingerprint density at radius 1 is 0.786 bits per heavy atom. The summed E-state index contributed by atoms with van der Waals surface area (Å²) in [5.74, 6) is -0.770. The number of nitrogens with zero attached hydrogens (tertiary/aromatic N) is 2. The van der Waals surface area contributed by atoms with Gasteiger partial charge in [0.15, 0.2) is 0 Å². The summed E-state index contributed by atoms with van der Waals surface area (Å²) in [5, 5.41) is 37.0. The standard InChI is InChI=1S/C18H30N4O6/c1-21(2,9-15(25)11-23)19-17(27)13-5-7-14(8-6-13)18(28)20-22(3,4)10-16(26)12-24/h5-8,15-16,23-26H,9-12H2,1-4H3/p+2/t15-,16-/m1/s1. The van der Waals surface area contributed by atoms with Gasteiger partial charge in [-0.3, -0.25) is 9.59 Å². The van der Waals surface area contributed by atoms with Crippen molar-refractivity contribution in [3.63, 3.8) is 0 Å². The maximum Gasteiger partial charge on any atom is 0.295 e. The number of nitrogens with one attached hydrogen (secondary N) is 2. The molecule has 0 aliphatic carbocycles. The molecular weight excluding hydrogens is 368 g/mol. The molecule has 10 nitrogen and oxygen atoms in total. The summed E-state index contributed by atoms with van der Waals surface area (Å²) in [5.41, 5.74) is 6.13. The molecule has 1 rings (SSSR count). The molecule has 6 N–H and O–H groups in total. The predicted molar refractivity (Wildman–Crippen MR) is 102 cm³/mol. The van der Waals surface area contributed by atoms with E-state index < -0.39 is 25.4 Å². The molecule has 10 heteroatoms. The summed E-state index contributed by atoms with van der Waals surface area (Å²) in [4.78, 5) is 24.7. The van der Waals surface area contributed by atoms with E-state index in [1.807, 2.05) is 0 Å². The van der Waals surface area contributed by atoms with Crippen LogP contribution in [-0.4, -0.2) is 108 Å². The Morgan fingerprint density at radius 2 is 1.07 bits per heavy atom. The first-order valence-corrected chi connectivity index (χ1v) is 8.88. The second-order valence-corrected chi connectivity index (χ2v) is 7.87. The van der Waals surface area contributed by atoms with Gasteiger partial charge in [0.2, 0.25) is 0 Å². The first-order valence-electron chi connectivity index (χ1n) is 8.88. The van der Waals surface area contributed by atoms with Gasteiger partial charge < -0.3 is 20.4 Å². The summed E-state index contributed by atoms with van der Waals surface area (Å²) in [7, 11) is 6.72. The number of rotatable bonds is 10. The molecule has 0 bridgehead atoms. The summed E-state index contributed by atoms with van der Waals surface area (Å²) in [6.07, 6.45) is -1.90. The van der Waals surface area contributed by atoms with Crippen LogP contribution < -0.4 is 10.9 Å². The van der Waals surface area contributed by atoms with Gasteiger partial charge >= 0.3 is 0 Å². The van der Waals surface area contributed by atoms with Crippen LogP contribution in [0.5, 0.6) is 0 Å². The highest BCUT2D eigenvalue weighted by Gasteiger charge is 2.25. The third kappa shape index (κ3) is 7.89. The Labute approximate surface area is 164 Å². The second-order valence-electron chi connectivity index (χ2n) is 7.87. The van der Waals surface area contributed by atoms with E-state index >= 15 is 0 Å². The first kappa shape index (κ1) is 24.0. The maximum atomic E-state index is 12.4. The van der Waals surface area contributed by atoms with Crippen LogP contribution >= 0.6 is 0 Å². The molecule has 0 saturated heterocycles. The van der Waals surface area contributed by atoms with E-state index in [2.05, 4.69) is 10.9 Å². The smallest absolute Gasteiger partial charge is 0.295 e. The molecule has 0 aliphatic rings. The van der Waals surface area contributed by atoms with Gasteiger partial charge in [-0.1, -0.05) is 0 Å². The average molecular weight is 400 g/mol. The van der Waals surface area contributed by atoms with E-state index in [9.17, 15) is 19.8 Å². The Balaban J connectivity index is 2.74. The van der Waals surface area contributed by atoms with Gasteiger partial charge in [-0.05, 0) is 24.3 Å². The zero-order valence-corrected chi connectivity index (χ0v) is 16.8. The van der Waals surface area contributed by atoms with Crippen LogP contribution in [0.1, 0.15) is 20.7 Å². The van der Waals surface area contributed by atoms with E-state index in [1.54, 1.807) is 28.2 Å². The zero-order valence-electron chi connectivity index (χ0n) is 16.8. The molecule has 1 aromatic rings. The number of aliphatic hydroxyl groups excluding tert-OH is 4. The quantitative estimate of drug-likeness (QED) is 0.195. The normalized spacial score (nSPS) is 14.3. The molecule has 0 aliphatic heterocycles. The zero-order chi connectivity index (χ0) is 21.5. The van der Waals surface area contributed by atoms with Crippen LogP contribution in [-0.2, 0) is 0 Å². The van der Waals surface area contributed by atoms with E-state index in [1.165, 1.54) is 24.3 Å². The number of likely N-dealkylation sites (N-methyl/N-ethyl adjacent to an activating group) is 2. The monoisotopic (exact) mass is 400 g/mol. The maximum absolute atomic E-state index is 12.4. The van der Waals surface area contributed by atoms with Gasteiger partial charge in [-0.25, -0.2) is 9.18 Å². The minimum atomic E-state index is -0.952. The molecule has 158 valence electrons. The van der Waals surface area contributed by atoms with Crippen molar-refractivity contribution in [1.29, 1.82) is 0 Å². The van der Waals surface area contributed by atoms with E-state index in [4.69, 9.17) is 10.2 Å². The third-order valence-electron chi connectivity index (χ3n) is 3.97. The van der Waals surface area contributed by atoms with Crippen molar-refractivity contribution < 1.29 is 39.2 Å². The lowest BCUT2D eigenvalue weighted by Crippen LogP contribution is -2.58. The number of hydrogen-bond acceptors (Lipinski definition) is 6. The van der Waals surface area contributed by atoms with Crippen molar-refractivity contribution in [2.75, 3.05) is 54.5 Å². The van der Waals surface area contributed by atoms with Crippen molar-refractivity contribution in [3.8, 4) is 0 Å². The topological polar surface area (TPSA) is 139 Å². The van der Waals surface area contributed by atoms with E-state index in [-0.39, 0.29) is 34.1 Å². The third-order valence-corrected chi connectivity index (χ3v) is 3.97. The molecule has 0 heterocycles. The number of hydrogen-bond donors (Lipinski definition) is 6. The van der Waals surface area contributed by atoms with Crippen molar-refractivity contribution in [2.24, 2.45) is 0 Å². The Morgan fingerprint density at radius 3 is 1.32 bits per heavy atom. The van der Waals surface area contributed by atoms with Crippen molar-refractivity contribution in [3.05, 3.63) is 35.4 Å². The molecule has 2 amide bonds. The molecule has 0 radical (unpaired) electrons. The summed E-state index contributed by atoms with van der Waals surface area (Å²) in [6, 6.07) is 6.04. The minimum absolute atomic E-state index is 0.0261. The number of carbonyl (C=O) groups excluding carboxylic acids is 2. The largest absolute Gasteiger partial charge is 0.393 e. The Bertz CT molecular complexity index is 606. The van der Waals surface area contributed by atoms with Crippen LogP contribution in [0.15, 0.2) is 24.3 Å². The fourth-order valence-corrected chi connectivity index (χ4v) is 2.71. The molecule has 0 saturated carbocycles. The number of quaternary nitrogens is 2. The second kappa shape index (κ2) is 9.92. The fraction of sp³-hybridized carbons (Fsp3) is 0.556. The van der Waals surface area contributed by atoms with Crippen LogP contribution in [0, 0.1) is 0 Å². The number of carbonyl (C=O) groups is 2. The molecule has 0 spiro atoms. The lowest BCUT2D eigenvalue weighted by molar-refractivity contribution is -0.927. The van der Waals surface area contributed by atoms with Crippen LogP contribution in [0.3, 0.4) is 0 Å². The van der Waals surface area contributed by atoms with E-state index in [0.29, 0.717) is 11.1 Å². The Hall–Kier alpha value is -2.08. The molecule has 1 aromatic carbocycles. The fourth-order valence-electron chi connectivity index (χ4n) is 2.71. The van der Waals surface area contributed by atoms with Crippen LogP contribution in [0.25, 0.3) is 0 Å². The number of aliphatic hydroxyl groups is 4. The number of amides is 2. The highest BCUT2D eigenvalue weighted by Crippen LogP contribution is 2.07. The average Bonchev–Trinajstić information content (AvgIpc) is 2.59. The van der Waals surface area contributed by atoms with Gasteiger partial charge in [0.25, 0.3) is 11.8 Å². The number of benzene rings is 1. The minimum Gasteiger partial charge on any atom is -0.393 e. The lowest BCUT2D eigenvalue weighted by Gasteiger charge is -2.31. The van der Waals surface area contributed by atoms with Gasteiger partial charge in [-0.15, -0.1) is 0 Å². The molecule has 28 heavy (non-hydrogen) atoms. The van der Waals surface area contributed by atoms with Crippen molar-refractivity contribution in [2.45, 2.75) is 12.2 Å². The summed E-state index contributed by atoms with van der Waals surface area (Å²) < 4.78 is -0.0523. The molecule has 2 atom stereocenters. The summed E-state index contributed by atoms with van der Waals surface area (Å²) >= 11 is 0.